The zero-order valence-corrected chi connectivity index (χ0v) is 12.4. The van der Waals surface area contributed by atoms with Crippen molar-refractivity contribution in [1.82, 2.24) is 0 Å². The lowest BCUT2D eigenvalue weighted by molar-refractivity contribution is 0.102. The van der Waals surface area contributed by atoms with Gasteiger partial charge in [0.1, 0.15) is 0 Å². The second-order valence-electron chi connectivity index (χ2n) is 4.51. The summed E-state index contributed by atoms with van der Waals surface area (Å²) in [6, 6.07) is 15.5. The number of ketones is 1. The first kappa shape index (κ1) is 15.3. The van der Waals surface area contributed by atoms with Crippen LogP contribution < -0.4 is 5.32 Å². The molecule has 1 amide bonds. The number of para-hydroxylation sites is 1. The fourth-order valence-electron chi connectivity index (χ4n) is 1.88. The van der Waals surface area contributed by atoms with Crippen molar-refractivity contribution in [2.45, 2.75) is 0 Å². The molecule has 1 atom stereocenters. The number of nitrogens with one attached hydrogen (secondary N) is 1. The van der Waals surface area contributed by atoms with Gasteiger partial charge in [-0.05, 0) is 35.4 Å². The minimum atomic E-state index is -1.22. The first-order valence-electron chi connectivity index (χ1n) is 6.36. The van der Waals surface area contributed by atoms with E-state index in [4.69, 9.17) is 0 Å². The van der Waals surface area contributed by atoms with Crippen molar-refractivity contribution in [3.05, 3.63) is 65.7 Å². The average Bonchev–Trinajstić information content (AvgIpc) is 2.48. The standard InChI is InChI=1S/C16H15NO3S/c1-21(20)11-15(18)13-9-5-6-10-14(13)17-16(19)12-7-3-2-4-8-12/h2-10H,11H2,1H3,(H,17,19). The summed E-state index contributed by atoms with van der Waals surface area (Å²) in [6.07, 6.45) is 1.48. The second-order valence-corrected chi connectivity index (χ2v) is 5.94. The maximum atomic E-state index is 12.1. The van der Waals surface area contributed by atoms with E-state index in [1.807, 2.05) is 6.07 Å². The summed E-state index contributed by atoms with van der Waals surface area (Å²) < 4.78 is 11.2. The smallest absolute Gasteiger partial charge is 0.255 e. The third kappa shape index (κ3) is 4.18. The zero-order valence-electron chi connectivity index (χ0n) is 11.5. The molecule has 1 N–H and O–H groups in total. The van der Waals surface area contributed by atoms with Gasteiger partial charge in [0.2, 0.25) is 5.78 Å². The van der Waals surface area contributed by atoms with E-state index >= 15 is 0 Å². The number of Topliss-reactive ketones (excluding diaryl/α,β-unsaturated/α-hetero) is 1. The molecule has 21 heavy (non-hydrogen) atoms. The Hall–Kier alpha value is -2.11. The van der Waals surface area contributed by atoms with E-state index < -0.39 is 11.2 Å². The van der Waals surface area contributed by atoms with E-state index in [2.05, 4.69) is 5.32 Å². The van der Waals surface area contributed by atoms with E-state index in [0.717, 1.165) is 0 Å². The third-order valence-electron chi connectivity index (χ3n) is 2.85. The fraction of sp³-hybridized carbons (Fsp3) is 0.125. The van der Waals surface area contributed by atoms with Crippen LogP contribution in [-0.2, 0) is 11.2 Å². The van der Waals surface area contributed by atoms with Crippen LogP contribution in [0.25, 0.3) is 0 Å². The molecule has 2 rings (SSSR count). The van der Waals surface area contributed by atoms with Crippen molar-refractivity contribution in [1.29, 1.82) is 0 Å². The van der Waals surface area contributed by atoms with Crippen LogP contribution in [0.1, 0.15) is 20.7 Å². The van der Waals surface area contributed by atoms with E-state index in [-0.39, 0.29) is 17.4 Å². The van der Waals surface area contributed by atoms with Crippen molar-refractivity contribution in [2.24, 2.45) is 0 Å². The van der Waals surface area contributed by atoms with Crippen molar-refractivity contribution < 1.29 is 14.1 Å². The number of carbonyl (C=O) groups excluding carboxylic acids is 2. The number of rotatable bonds is 5. The Bertz CT molecular complexity index is 641. The Morgan fingerprint density at radius 3 is 2.33 bits per heavy atom. The summed E-state index contributed by atoms with van der Waals surface area (Å²) in [7, 11) is 0. The van der Waals surface area contributed by atoms with Crippen LogP contribution in [0.3, 0.4) is 0 Å². The number of hydrogen-bond acceptors (Lipinski definition) is 3. The number of benzene rings is 2. The summed E-state index contributed by atoms with van der Waals surface area (Å²) >= 11 is -1.22. The van der Waals surface area contributed by atoms with E-state index in [0.29, 0.717) is 16.8 Å². The lowest BCUT2D eigenvalue weighted by atomic mass is 10.1. The molecular formula is C16H15NO3S. The van der Waals surface area contributed by atoms with Gasteiger partial charge in [-0.3, -0.25) is 9.59 Å². The summed E-state index contributed by atoms with van der Waals surface area (Å²) in [6.45, 7) is 0. The van der Waals surface area contributed by atoms with Crippen LogP contribution >= 0.6 is 0 Å². The summed E-state index contributed by atoms with van der Waals surface area (Å²) in [5.74, 6) is -0.591. The van der Waals surface area contributed by atoms with Crippen LogP contribution in [0.5, 0.6) is 0 Å². The molecule has 0 saturated heterocycles. The fourth-order valence-corrected chi connectivity index (χ4v) is 2.41. The largest absolute Gasteiger partial charge is 0.616 e. The van der Waals surface area contributed by atoms with Gasteiger partial charge in [-0.1, -0.05) is 30.3 Å². The quantitative estimate of drug-likeness (QED) is 0.681. The number of hydrogen-bond donors (Lipinski definition) is 1. The first-order chi connectivity index (χ1) is 10.1. The van der Waals surface area contributed by atoms with Gasteiger partial charge in [-0.2, -0.15) is 0 Å². The van der Waals surface area contributed by atoms with Crippen molar-refractivity contribution in [3.63, 3.8) is 0 Å². The highest BCUT2D eigenvalue weighted by Crippen LogP contribution is 2.17. The highest BCUT2D eigenvalue weighted by Gasteiger charge is 2.17. The number of amides is 1. The number of anilines is 1. The summed E-state index contributed by atoms with van der Waals surface area (Å²) in [5.41, 5.74) is 1.32. The average molecular weight is 301 g/mol. The van der Waals surface area contributed by atoms with Gasteiger partial charge in [0.15, 0.2) is 5.75 Å². The maximum absolute atomic E-state index is 12.1. The highest BCUT2D eigenvalue weighted by atomic mass is 32.2. The molecule has 0 aliphatic rings. The molecule has 0 saturated carbocycles. The Balaban J connectivity index is 2.21. The molecule has 0 aliphatic heterocycles. The molecule has 2 aromatic rings. The predicted molar refractivity (Wildman–Crippen MR) is 84.1 cm³/mol. The topological polar surface area (TPSA) is 69.2 Å². The molecule has 0 fully saturated rings. The molecule has 0 radical (unpaired) electrons. The van der Waals surface area contributed by atoms with Crippen LogP contribution in [0.4, 0.5) is 5.69 Å². The molecule has 1 unspecified atom stereocenters. The monoisotopic (exact) mass is 301 g/mol. The van der Waals surface area contributed by atoms with E-state index in [1.54, 1.807) is 48.5 Å². The van der Waals surface area contributed by atoms with Gasteiger partial charge < -0.3 is 9.87 Å². The lowest BCUT2D eigenvalue weighted by Gasteiger charge is -2.11. The van der Waals surface area contributed by atoms with E-state index in [1.165, 1.54) is 6.26 Å². The molecule has 108 valence electrons. The molecule has 0 spiro atoms. The van der Waals surface area contributed by atoms with Gasteiger partial charge >= 0.3 is 0 Å². The third-order valence-corrected chi connectivity index (χ3v) is 3.51. The first-order valence-corrected chi connectivity index (χ1v) is 8.09. The van der Waals surface area contributed by atoms with Crippen molar-refractivity contribution in [2.75, 3.05) is 17.3 Å². The summed E-state index contributed by atoms with van der Waals surface area (Å²) in [4.78, 5) is 24.2. The predicted octanol–water partition coefficient (Wildman–Crippen LogP) is 2.50. The Kier molecular flexibility index (Phi) is 5.14. The van der Waals surface area contributed by atoms with Gasteiger partial charge in [0, 0.05) is 11.1 Å². The van der Waals surface area contributed by atoms with Crippen LogP contribution in [0.2, 0.25) is 0 Å². The molecule has 0 aromatic heterocycles. The second kappa shape index (κ2) is 7.06. The highest BCUT2D eigenvalue weighted by molar-refractivity contribution is 7.91. The minimum absolute atomic E-state index is 0.0573. The van der Waals surface area contributed by atoms with Crippen molar-refractivity contribution in [3.8, 4) is 0 Å². The lowest BCUT2D eigenvalue weighted by Crippen LogP contribution is -2.18. The SMILES string of the molecule is C[S+]([O-])CC(=O)c1ccccc1NC(=O)c1ccccc1. The van der Waals surface area contributed by atoms with Crippen LogP contribution in [-0.4, -0.2) is 28.3 Å². The van der Waals surface area contributed by atoms with Gasteiger partial charge in [-0.15, -0.1) is 0 Å². The van der Waals surface area contributed by atoms with E-state index in [9.17, 15) is 14.1 Å². The zero-order chi connectivity index (χ0) is 15.2. The Morgan fingerprint density at radius 1 is 1.05 bits per heavy atom. The molecular weight excluding hydrogens is 286 g/mol. The molecule has 5 heteroatoms. The number of carbonyl (C=O) groups is 2. The molecule has 0 aliphatic carbocycles. The minimum Gasteiger partial charge on any atom is -0.616 e. The summed E-state index contributed by atoms with van der Waals surface area (Å²) in [5, 5.41) is 2.72. The van der Waals surface area contributed by atoms with Gasteiger partial charge in [-0.25, -0.2) is 0 Å². The molecule has 2 aromatic carbocycles. The molecule has 0 bridgehead atoms. The normalized spacial score (nSPS) is 11.7. The van der Waals surface area contributed by atoms with Crippen molar-refractivity contribution >= 4 is 28.6 Å². The Morgan fingerprint density at radius 2 is 1.67 bits per heavy atom. The van der Waals surface area contributed by atoms with Crippen LogP contribution in [0, 0.1) is 0 Å². The molecule has 4 nitrogen and oxygen atoms in total. The van der Waals surface area contributed by atoms with Crippen LogP contribution in [0.15, 0.2) is 54.6 Å². The van der Waals surface area contributed by atoms with Gasteiger partial charge in [0.25, 0.3) is 5.91 Å². The van der Waals surface area contributed by atoms with Gasteiger partial charge in [0.05, 0.1) is 11.9 Å². The Labute approximate surface area is 126 Å². The maximum Gasteiger partial charge on any atom is 0.255 e. The molecule has 0 heterocycles.